The smallest absolute Gasteiger partial charge is 0.408 e. The van der Waals surface area contributed by atoms with Gasteiger partial charge in [0.25, 0.3) is 0 Å². The molecule has 2 aromatic carbocycles. The number of benzene rings is 2. The largest absolute Gasteiger partial charge is 0.445 e. The SMILES string of the molecule is O=C(NC(Cc1ccccc1)C(=O)Nc1n[nH]c(=S)s1)OCc1ccccc1. The Bertz CT molecular complexity index is 973. The van der Waals surface area contributed by atoms with Crippen molar-refractivity contribution in [3.05, 3.63) is 75.7 Å². The second-order valence-corrected chi connectivity index (χ2v) is 7.52. The van der Waals surface area contributed by atoms with E-state index in [0.29, 0.717) is 15.5 Å². The molecule has 3 rings (SSSR count). The van der Waals surface area contributed by atoms with Crippen LogP contribution in [-0.4, -0.2) is 28.2 Å². The number of nitrogens with zero attached hydrogens (tertiary/aromatic N) is 1. The number of hydrogen-bond donors (Lipinski definition) is 3. The highest BCUT2D eigenvalue weighted by atomic mass is 32.1. The van der Waals surface area contributed by atoms with E-state index in [1.54, 1.807) is 0 Å². The van der Waals surface area contributed by atoms with Gasteiger partial charge in [-0.25, -0.2) is 4.79 Å². The van der Waals surface area contributed by atoms with E-state index in [1.165, 1.54) is 0 Å². The Balaban J connectivity index is 1.65. The van der Waals surface area contributed by atoms with Crippen molar-refractivity contribution in [1.29, 1.82) is 0 Å². The molecule has 144 valence electrons. The average molecular weight is 415 g/mol. The van der Waals surface area contributed by atoms with Crippen molar-refractivity contribution in [3.63, 3.8) is 0 Å². The molecule has 0 saturated carbocycles. The van der Waals surface area contributed by atoms with Gasteiger partial charge in [-0.2, -0.15) is 0 Å². The second kappa shape index (κ2) is 9.77. The maximum Gasteiger partial charge on any atom is 0.408 e. The van der Waals surface area contributed by atoms with E-state index in [1.807, 2.05) is 60.7 Å². The monoisotopic (exact) mass is 414 g/mol. The number of aromatic nitrogens is 2. The molecule has 1 aromatic heterocycles. The zero-order valence-electron chi connectivity index (χ0n) is 14.8. The minimum Gasteiger partial charge on any atom is -0.445 e. The van der Waals surface area contributed by atoms with E-state index in [9.17, 15) is 9.59 Å². The summed E-state index contributed by atoms with van der Waals surface area (Å²) in [4.78, 5) is 24.9. The molecule has 0 spiro atoms. The first kappa shape index (κ1) is 19.7. The van der Waals surface area contributed by atoms with Crippen molar-refractivity contribution >= 4 is 40.7 Å². The van der Waals surface area contributed by atoms with Crippen molar-refractivity contribution in [2.75, 3.05) is 5.32 Å². The van der Waals surface area contributed by atoms with Gasteiger partial charge in [0.1, 0.15) is 12.6 Å². The van der Waals surface area contributed by atoms with Crippen molar-refractivity contribution < 1.29 is 14.3 Å². The Labute approximate surface area is 170 Å². The summed E-state index contributed by atoms with van der Waals surface area (Å²) in [5, 5.41) is 12.1. The molecule has 0 radical (unpaired) electrons. The van der Waals surface area contributed by atoms with Gasteiger partial charge in [-0.3, -0.25) is 15.2 Å². The summed E-state index contributed by atoms with van der Waals surface area (Å²) in [5.41, 5.74) is 1.76. The van der Waals surface area contributed by atoms with Gasteiger partial charge < -0.3 is 10.1 Å². The van der Waals surface area contributed by atoms with Crippen LogP contribution < -0.4 is 10.6 Å². The number of amides is 2. The number of alkyl carbamates (subject to hydrolysis) is 1. The molecule has 1 unspecified atom stereocenters. The summed E-state index contributed by atoms with van der Waals surface area (Å²) in [5.74, 6) is -0.404. The predicted octanol–water partition coefficient (Wildman–Crippen LogP) is 3.68. The lowest BCUT2D eigenvalue weighted by Crippen LogP contribution is -2.45. The van der Waals surface area contributed by atoms with Crippen LogP contribution in [0, 0.1) is 3.95 Å². The maximum absolute atomic E-state index is 12.7. The highest BCUT2D eigenvalue weighted by Gasteiger charge is 2.23. The summed E-state index contributed by atoms with van der Waals surface area (Å²) >= 11 is 6.11. The standard InChI is InChI=1S/C19H18N4O3S2/c24-16(21-17-22-23-19(27)28-17)15(11-13-7-3-1-4-8-13)20-18(25)26-12-14-9-5-2-6-10-14/h1-10,15H,11-12H2,(H,20,25)(H,23,27)(H,21,22,24). The van der Waals surface area contributed by atoms with E-state index in [0.717, 1.165) is 22.5 Å². The zero-order chi connectivity index (χ0) is 19.8. The van der Waals surface area contributed by atoms with Gasteiger partial charge in [0.05, 0.1) is 0 Å². The summed E-state index contributed by atoms with van der Waals surface area (Å²) < 4.78 is 5.68. The number of carbonyl (C=O) groups is 2. The quantitative estimate of drug-likeness (QED) is 0.513. The van der Waals surface area contributed by atoms with Crippen LogP contribution in [0.25, 0.3) is 0 Å². The topological polar surface area (TPSA) is 96.1 Å². The van der Waals surface area contributed by atoms with Crippen LogP contribution in [0.3, 0.4) is 0 Å². The fourth-order valence-corrected chi connectivity index (χ4v) is 3.23. The number of rotatable bonds is 7. The van der Waals surface area contributed by atoms with Crippen LogP contribution in [0.1, 0.15) is 11.1 Å². The number of H-pyrrole nitrogens is 1. The molecule has 0 saturated heterocycles. The number of anilines is 1. The number of hydrogen-bond acceptors (Lipinski definition) is 6. The molecule has 9 heteroatoms. The number of nitrogens with one attached hydrogen (secondary N) is 3. The Morgan fingerprint density at radius 1 is 1.07 bits per heavy atom. The molecule has 0 aliphatic heterocycles. The highest BCUT2D eigenvalue weighted by Crippen LogP contribution is 2.12. The van der Waals surface area contributed by atoms with Crippen molar-refractivity contribution in [3.8, 4) is 0 Å². The summed E-state index contributed by atoms with van der Waals surface area (Å²) in [7, 11) is 0. The summed E-state index contributed by atoms with van der Waals surface area (Å²) in [6.45, 7) is 0.118. The number of aromatic amines is 1. The average Bonchev–Trinajstić information content (AvgIpc) is 3.12. The molecular weight excluding hydrogens is 396 g/mol. The summed E-state index contributed by atoms with van der Waals surface area (Å²) in [6, 6.07) is 17.9. The maximum atomic E-state index is 12.7. The lowest BCUT2D eigenvalue weighted by atomic mass is 10.1. The Hall–Kier alpha value is -3.04. The fraction of sp³-hybridized carbons (Fsp3) is 0.158. The van der Waals surface area contributed by atoms with Crippen LogP contribution in [0.4, 0.5) is 9.93 Å². The summed E-state index contributed by atoms with van der Waals surface area (Å²) in [6.07, 6.45) is -0.363. The molecule has 0 fully saturated rings. The van der Waals surface area contributed by atoms with Gasteiger partial charge in [0.2, 0.25) is 11.0 Å². The van der Waals surface area contributed by atoms with Crippen molar-refractivity contribution in [2.45, 2.75) is 19.1 Å². The van der Waals surface area contributed by atoms with Crippen LogP contribution in [-0.2, 0) is 22.6 Å². The molecule has 0 bridgehead atoms. The lowest BCUT2D eigenvalue weighted by Gasteiger charge is -2.17. The van der Waals surface area contributed by atoms with Crippen molar-refractivity contribution in [1.82, 2.24) is 15.5 Å². The number of ether oxygens (including phenoxy) is 1. The van der Waals surface area contributed by atoms with Gasteiger partial charge in [0, 0.05) is 6.42 Å². The van der Waals surface area contributed by atoms with E-state index in [4.69, 9.17) is 17.0 Å². The normalized spacial score (nSPS) is 11.4. The Morgan fingerprint density at radius 2 is 1.71 bits per heavy atom. The second-order valence-electron chi connectivity index (χ2n) is 5.86. The first-order chi connectivity index (χ1) is 13.6. The lowest BCUT2D eigenvalue weighted by molar-refractivity contribution is -0.118. The molecular formula is C19H18N4O3S2. The minimum atomic E-state index is -0.830. The van der Waals surface area contributed by atoms with E-state index in [-0.39, 0.29) is 6.61 Å². The molecule has 0 aliphatic rings. The van der Waals surface area contributed by atoms with Gasteiger partial charge >= 0.3 is 6.09 Å². The van der Waals surface area contributed by atoms with Gasteiger partial charge in [0.15, 0.2) is 3.95 Å². The molecule has 1 atom stereocenters. The molecule has 1 heterocycles. The highest BCUT2D eigenvalue weighted by molar-refractivity contribution is 7.73. The van der Waals surface area contributed by atoms with Crippen molar-refractivity contribution in [2.24, 2.45) is 0 Å². The van der Waals surface area contributed by atoms with Crippen LogP contribution in [0.2, 0.25) is 0 Å². The van der Waals surface area contributed by atoms with E-state index in [2.05, 4.69) is 20.8 Å². The van der Waals surface area contributed by atoms with Gasteiger partial charge in [-0.15, -0.1) is 5.10 Å². The number of carbonyl (C=O) groups excluding carboxylic acids is 2. The van der Waals surface area contributed by atoms with Gasteiger partial charge in [-0.1, -0.05) is 72.0 Å². The molecule has 28 heavy (non-hydrogen) atoms. The minimum absolute atomic E-state index is 0.118. The molecule has 2 amide bonds. The third-order valence-corrected chi connectivity index (χ3v) is 4.78. The van der Waals surface area contributed by atoms with Crippen LogP contribution in [0.15, 0.2) is 60.7 Å². The van der Waals surface area contributed by atoms with E-state index >= 15 is 0 Å². The Morgan fingerprint density at radius 3 is 2.32 bits per heavy atom. The molecule has 0 aliphatic carbocycles. The third-order valence-electron chi connectivity index (χ3n) is 3.77. The van der Waals surface area contributed by atoms with Crippen LogP contribution in [0.5, 0.6) is 0 Å². The van der Waals surface area contributed by atoms with Crippen LogP contribution >= 0.6 is 23.6 Å². The molecule has 3 N–H and O–H groups in total. The Kier molecular flexibility index (Phi) is 6.88. The van der Waals surface area contributed by atoms with Gasteiger partial charge in [-0.05, 0) is 23.3 Å². The zero-order valence-corrected chi connectivity index (χ0v) is 16.4. The molecule has 3 aromatic rings. The third kappa shape index (κ3) is 6.00. The first-order valence-corrected chi connectivity index (χ1v) is 9.70. The molecule has 7 nitrogen and oxygen atoms in total. The van der Waals surface area contributed by atoms with E-state index < -0.39 is 18.0 Å². The predicted molar refractivity (Wildman–Crippen MR) is 110 cm³/mol. The fourth-order valence-electron chi connectivity index (χ4n) is 2.44. The first-order valence-electron chi connectivity index (χ1n) is 8.47.